The summed E-state index contributed by atoms with van der Waals surface area (Å²) in [7, 11) is -1.88. The number of hydrogen-bond acceptors (Lipinski definition) is 3. The molecule has 1 rings (SSSR count). The van der Waals surface area contributed by atoms with Crippen molar-refractivity contribution in [1.82, 2.24) is 4.31 Å². The van der Waals surface area contributed by atoms with Crippen LogP contribution in [0.1, 0.15) is 19.4 Å². The standard InChI is InChI=1S/C13H21BrN2O2S/c1-10-7-11(5-6-12(10)14)19(17,18)16(4)9-13(2,3)8-15/h5-7H,8-9,15H2,1-4H3. The zero-order valence-electron chi connectivity index (χ0n) is 11.8. The molecule has 108 valence electrons. The van der Waals surface area contributed by atoms with Gasteiger partial charge in [-0.25, -0.2) is 12.7 Å². The average Bonchev–Trinajstić information content (AvgIpc) is 2.32. The highest BCUT2D eigenvalue weighted by molar-refractivity contribution is 9.10. The van der Waals surface area contributed by atoms with Gasteiger partial charge in [0.1, 0.15) is 0 Å². The molecule has 19 heavy (non-hydrogen) atoms. The Hall–Kier alpha value is -0.430. The van der Waals surface area contributed by atoms with Crippen molar-refractivity contribution in [2.45, 2.75) is 25.7 Å². The van der Waals surface area contributed by atoms with Gasteiger partial charge in [-0.2, -0.15) is 0 Å². The Balaban J connectivity index is 3.06. The average molecular weight is 349 g/mol. The van der Waals surface area contributed by atoms with Crippen LogP contribution in [0.2, 0.25) is 0 Å². The minimum absolute atomic E-state index is 0.244. The van der Waals surface area contributed by atoms with Gasteiger partial charge in [0, 0.05) is 18.1 Å². The summed E-state index contributed by atoms with van der Waals surface area (Å²) in [6, 6.07) is 5.04. The van der Waals surface area contributed by atoms with Crippen LogP contribution in [-0.2, 0) is 10.0 Å². The summed E-state index contributed by atoms with van der Waals surface area (Å²) >= 11 is 3.37. The molecular formula is C13H21BrN2O2S. The molecule has 0 amide bonds. The lowest BCUT2D eigenvalue weighted by molar-refractivity contribution is 0.292. The van der Waals surface area contributed by atoms with E-state index in [-0.39, 0.29) is 5.41 Å². The molecule has 0 bridgehead atoms. The first-order valence-electron chi connectivity index (χ1n) is 6.03. The van der Waals surface area contributed by atoms with E-state index < -0.39 is 10.0 Å². The molecule has 0 spiro atoms. The number of nitrogens with zero attached hydrogens (tertiary/aromatic N) is 1. The molecule has 0 atom stereocenters. The first-order valence-corrected chi connectivity index (χ1v) is 8.26. The second-order valence-corrected chi connectivity index (χ2v) is 8.44. The third-order valence-electron chi connectivity index (χ3n) is 3.04. The monoisotopic (exact) mass is 348 g/mol. The number of nitrogens with two attached hydrogens (primary N) is 1. The van der Waals surface area contributed by atoms with Crippen LogP contribution < -0.4 is 5.73 Å². The van der Waals surface area contributed by atoms with Crippen LogP contribution in [0.25, 0.3) is 0 Å². The highest BCUT2D eigenvalue weighted by Crippen LogP contribution is 2.24. The Kier molecular flexibility index (Phi) is 5.17. The van der Waals surface area contributed by atoms with Crippen LogP contribution in [0, 0.1) is 12.3 Å². The summed E-state index contributed by atoms with van der Waals surface area (Å²) in [5, 5.41) is 0. The fourth-order valence-electron chi connectivity index (χ4n) is 1.71. The molecule has 0 fully saturated rings. The van der Waals surface area contributed by atoms with E-state index in [4.69, 9.17) is 5.73 Å². The first-order chi connectivity index (χ1) is 8.60. The molecule has 4 nitrogen and oxygen atoms in total. The predicted molar refractivity (Wildman–Crippen MR) is 81.5 cm³/mol. The molecule has 1 aromatic rings. The minimum Gasteiger partial charge on any atom is -0.330 e. The van der Waals surface area contributed by atoms with Crippen LogP contribution in [0.15, 0.2) is 27.6 Å². The fraction of sp³-hybridized carbons (Fsp3) is 0.538. The Morgan fingerprint density at radius 1 is 1.37 bits per heavy atom. The maximum absolute atomic E-state index is 12.5. The molecule has 0 aliphatic heterocycles. The highest BCUT2D eigenvalue weighted by Gasteiger charge is 2.27. The zero-order chi connectivity index (χ0) is 14.8. The van der Waals surface area contributed by atoms with Gasteiger partial charge >= 0.3 is 0 Å². The van der Waals surface area contributed by atoms with E-state index in [1.165, 1.54) is 4.31 Å². The van der Waals surface area contributed by atoms with Crippen molar-refractivity contribution in [1.29, 1.82) is 0 Å². The molecule has 0 heterocycles. The predicted octanol–water partition coefficient (Wildman–Crippen LogP) is 2.36. The largest absolute Gasteiger partial charge is 0.330 e. The molecular weight excluding hydrogens is 328 g/mol. The van der Waals surface area contributed by atoms with E-state index in [2.05, 4.69) is 15.9 Å². The molecule has 6 heteroatoms. The van der Waals surface area contributed by atoms with Gasteiger partial charge in [-0.3, -0.25) is 0 Å². The van der Waals surface area contributed by atoms with Crippen LogP contribution in [0.4, 0.5) is 0 Å². The summed E-state index contributed by atoms with van der Waals surface area (Å²) in [4.78, 5) is 0.309. The van der Waals surface area contributed by atoms with Crippen molar-refractivity contribution in [2.24, 2.45) is 11.1 Å². The van der Waals surface area contributed by atoms with Gasteiger partial charge in [-0.05, 0) is 42.6 Å². The summed E-state index contributed by atoms with van der Waals surface area (Å²) < 4.78 is 27.2. The van der Waals surface area contributed by atoms with Crippen molar-refractivity contribution in [3.63, 3.8) is 0 Å². The topological polar surface area (TPSA) is 63.4 Å². The molecule has 0 aliphatic carbocycles. The van der Waals surface area contributed by atoms with Gasteiger partial charge in [0.15, 0.2) is 0 Å². The number of aryl methyl sites for hydroxylation is 1. The highest BCUT2D eigenvalue weighted by atomic mass is 79.9. The smallest absolute Gasteiger partial charge is 0.242 e. The molecule has 0 saturated heterocycles. The molecule has 0 radical (unpaired) electrons. The number of benzene rings is 1. The Morgan fingerprint density at radius 3 is 2.42 bits per heavy atom. The van der Waals surface area contributed by atoms with Crippen molar-refractivity contribution in [3.8, 4) is 0 Å². The minimum atomic E-state index is -3.46. The first kappa shape index (κ1) is 16.6. The third-order valence-corrected chi connectivity index (χ3v) is 5.73. The maximum atomic E-state index is 12.5. The lowest BCUT2D eigenvalue weighted by atomic mass is 9.94. The van der Waals surface area contributed by atoms with Gasteiger partial charge in [0.05, 0.1) is 4.90 Å². The third kappa shape index (κ3) is 4.02. The second kappa shape index (κ2) is 5.91. The normalized spacial score (nSPS) is 13.0. The molecule has 1 aromatic carbocycles. The van der Waals surface area contributed by atoms with Crippen LogP contribution in [-0.4, -0.2) is 32.9 Å². The summed E-state index contributed by atoms with van der Waals surface area (Å²) in [5.41, 5.74) is 6.30. The van der Waals surface area contributed by atoms with Crippen molar-refractivity contribution in [2.75, 3.05) is 20.1 Å². The van der Waals surface area contributed by atoms with E-state index in [1.807, 2.05) is 20.8 Å². The van der Waals surface area contributed by atoms with E-state index in [1.54, 1.807) is 25.2 Å². The van der Waals surface area contributed by atoms with E-state index in [9.17, 15) is 8.42 Å². The number of halogens is 1. The lowest BCUT2D eigenvalue weighted by Crippen LogP contribution is -2.39. The number of hydrogen-bond donors (Lipinski definition) is 1. The van der Waals surface area contributed by atoms with Gasteiger partial charge in [0.2, 0.25) is 10.0 Å². The summed E-state index contributed by atoms with van der Waals surface area (Å²) in [6.45, 7) is 6.60. The van der Waals surface area contributed by atoms with Crippen LogP contribution >= 0.6 is 15.9 Å². The van der Waals surface area contributed by atoms with Crippen molar-refractivity contribution >= 4 is 26.0 Å². The van der Waals surface area contributed by atoms with Crippen molar-refractivity contribution < 1.29 is 8.42 Å². The van der Waals surface area contributed by atoms with Gasteiger partial charge in [-0.15, -0.1) is 0 Å². The fourth-order valence-corrected chi connectivity index (χ4v) is 3.40. The van der Waals surface area contributed by atoms with Crippen LogP contribution in [0.5, 0.6) is 0 Å². The Morgan fingerprint density at radius 2 is 1.95 bits per heavy atom. The number of rotatable bonds is 5. The molecule has 0 aliphatic rings. The maximum Gasteiger partial charge on any atom is 0.242 e. The molecule has 0 aromatic heterocycles. The summed E-state index contributed by atoms with van der Waals surface area (Å²) in [6.07, 6.45) is 0. The van der Waals surface area contributed by atoms with Crippen molar-refractivity contribution in [3.05, 3.63) is 28.2 Å². The molecule has 0 saturated carbocycles. The van der Waals surface area contributed by atoms with E-state index in [0.717, 1.165) is 10.0 Å². The molecule has 2 N–H and O–H groups in total. The van der Waals surface area contributed by atoms with E-state index >= 15 is 0 Å². The van der Waals surface area contributed by atoms with E-state index in [0.29, 0.717) is 18.0 Å². The van der Waals surface area contributed by atoms with Gasteiger partial charge in [0.25, 0.3) is 0 Å². The SMILES string of the molecule is Cc1cc(S(=O)(=O)N(C)CC(C)(C)CN)ccc1Br. The number of sulfonamides is 1. The lowest BCUT2D eigenvalue weighted by Gasteiger charge is -2.28. The van der Waals surface area contributed by atoms with Gasteiger partial charge < -0.3 is 5.73 Å². The molecule has 0 unspecified atom stereocenters. The Labute approximate surface area is 124 Å². The summed E-state index contributed by atoms with van der Waals surface area (Å²) in [5.74, 6) is 0. The van der Waals surface area contributed by atoms with Gasteiger partial charge in [-0.1, -0.05) is 29.8 Å². The second-order valence-electron chi connectivity index (χ2n) is 5.54. The zero-order valence-corrected chi connectivity index (χ0v) is 14.2. The quantitative estimate of drug-likeness (QED) is 0.888. The Bertz CT molecular complexity index is 556. The van der Waals surface area contributed by atoms with Crippen LogP contribution in [0.3, 0.4) is 0 Å².